The number of rotatable bonds is 7. The van der Waals surface area contributed by atoms with Crippen LogP contribution in [0.4, 0.5) is 0 Å². The molecule has 93 heavy (non-hydrogen) atoms. The topological polar surface area (TPSA) is 99.1 Å². The van der Waals surface area contributed by atoms with Crippen molar-refractivity contribution in [3.05, 3.63) is 320 Å². The lowest BCUT2D eigenvalue weighted by Gasteiger charge is -2.02. The maximum absolute atomic E-state index is 8.41. The van der Waals surface area contributed by atoms with Crippen molar-refractivity contribution < 1.29 is 14.2 Å². The number of fused-ring (bicyclic) bond motifs is 7. The van der Waals surface area contributed by atoms with Crippen molar-refractivity contribution in [2.24, 2.45) is 0 Å². The summed E-state index contributed by atoms with van der Waals surface area (Å²) >= 11 is 0. The van der Waals surface area contributed by atoms with Crippen molar-refractivity contribution >= 4 is 75.4 Å². The molecular weight excluding hydrogens is 1130 g/mol. The van der Waals surface area contributed by atoms with Gasteiger partial charge < -0.3 is 14.2 Å². The molecule has 0 N–H and O–H groups in total. The molecule has 0 aromatic heterocycles. The Kier molecular flexibility index (Phi) is 30.8. The van der Waals surface area contributed by atoms with Crippen LogP contribution in [-0.2, 0) is 25.7 Å². The minimum absolute atomic E-state index is 0.612. The monoisotopic (exact) mass is 1220 g/mol. The van der Waals surface area contributed by atoms with E-state index in [4.69, 9.17) is 30.0 Å². The molecule has 0 spiro atoms. The zero-order valence-corrected chi connectivity index (χ0v) is 55.1. The van der Waals surface area contributed by atoms with Crippen LogP contribution in [0.15, 0.2) is 297 Å². The summed E-state index contributed by atoms with van der Waals surface area (Å²) in [6, 6.07) is 100. The molecule has 0 unspecified atom stereocenters. The molecule has 0 aliphatic heterocycles. The quantitative estimate of drug-likeness (QED) is 0.147. The highest BCUT2D eigenvalue weighted by Gasteiger charge is 2.04. The van der Waals surface area contributed by atoms with Gasteiger partial charge >= 0.3 is 0 Å². The van der Waals surface area contributed by atoms with Gasteiger partial charge in [0, 0.05) is 16.2 Å². The largest absolute Gasteiger partial charge is 0.387 e. The first-order valence-corrected chi connectivity index (χ1v) is 32.2. The zero-order chi connectivity index (χ0) is 66.3. The molecule has 0 saturated carbocycles. The summed E-state index contributed by atoms with van der Waals surface area (Å²) in [6.45, 7) is 17.3. The Morgan fingerprint density at radius 1 is 0.204 bits per heavy atom. The van der Waals surface area contributed by atoms with Gasteiger partial charge in [0.2, 0.25) is 0 Å². The highest BCUT2D eigenvalue weighted by molar-refractivity contribution is 5.91. The summed E-state index contributed by atoms with van der Waals surface area (Å²) in [5.74, 6) is 1.84. The molecule has 6 heteroatoms. The molecule has 6 nitrogen and oxygen atoms in total. The second kappa shape index (κ2) is 40.4. The molecule has 0 radical (unpaired) electrons. The molecule has 0 fully saturated rings. The number of ether oxygens (including phenoxy) is 3. The first kappa shape index (κ1) is 70.9. The highest BCUT2D eigenvalue weighted by Crippen LogP contribution is 2.28. The Bertz CT molecular complexity index is 4090. The van der Waals surface area contributed by atoms with E-state index in [1.54, 1.807) is 37.0 Å². The van der Waals surface area contributed by atoms with Crippen LogP contribution in [-0.4, -0.2) is 0 Å². The van der Waals surface area contributed by atoms with Crippen LogP contribution >= 0.6 is 0 Å². The predicted molar refractivity (Wildman–Crippen MR) is 396 cm³/mol. The number of hydrogen-bond donors (Lipinski definition) is 0. The summed E-state index contributed by atoms with van der Waals surface area (Å²) in [6.07, 6.45) is 12.0. The van der Waals surface area contributed by atoms with Crippen molar-refractivity contribution in [2.45, 2.75) is 93.9 Å². The van der Waals surface area contributed by atoms with Crippen LogP contribution in [0.5, 0.6) is 17.2 Å². The van der Waals surface area contributed by atoms with Gasteiger partial charge in [0.1, 0.15) is 17.2 Å². The van der Waals surface area contributed by atoms with Crippen molar-refractivity contribution in [2.75, 3.05) is 0 Å². The summed E-state index contributed by atoms with van der Waals surface area (Å²) in [5.41, 5.74) is 5.75. The lowest BCUT2D eigenvalue weighted by Crippen LogP contribution is -1.82. The fraction of sp³-hybridized carbons (Fsp3) is 0.161. The van der Waals surface area contributed by atoms with E-state index in [9.17, 15) is 0 Å². The standard InChI is InChI=1S/4C12H12.3C11H7NO.2C3H8/c4*1-2-10-7-5-8-11-6-3-4-9-12(10)11;3*12-8-13-11-7-3-5-9-4-1-2-6-10(9)11;2*1-3-2/h4*3-9H,2H2,1H3;3*1-7H;2*3H2,1-2H3. The zero-order valence-electron chi connectivity index (χ0n) is 55.1. The molecular formula is C87H85N3O3. The Labute approximate surface area is 551 Å². The summed E-state index contributed by atoms with van der Waals surface area (Å²) in [7, 11) is 0. The van der Waals surface area contributed by atoms with E-state index in [1.807, 2.05) is 109 Å². The maximum atomic E-state index is 8.41. The Morgan fingerprint density at radius 3 is 0.538 bits per heavy atom. The van der Waals surface area contributed by atoms with Gasteiger partial charge in [-0.2, -0.15) is 0 Å². The van der Waals surface area contributed by atoms with Crippen LogP contribution in [0.2, 0.25) is 0 Å². The molecule has 14 rings (SSSR count). The summed E-state index contributed by atoms with van der Waals surface area (Å²) in [4.78, 5) is 0. The van der Waals surface area contributed by atoms with Crippen molar-refractivity contribution in [1.82, 2.24) is 0 Å². The highest BCUT2D eigenvalue weighted by atomic mass is 16.5. The van der Waals surface area contributed by atoms with Crippen LogP contribution in [0.25, 0.3) is 75.4 Å². The van der Waals surface area contributed by atoms with E-state index in [2.05, 4.69) is 225 Å². The molecule has 0 aliphatic rings. The molecule has 0 atom stereocenters. The molecule has 0 heterocycles. The molecule has 0 aliphatic carbocycles. The number of nitriles is 3. The van der Waals surface area contributed by atoms with Crippen molar-refractivity contribution in [3.8, 4) is 36.0 Å². The summed E-state index contributed by atoms with van der Waals surface area (Å²) < 4.78 is 14.5. The van der Waals surface area contributed by atoms with Crippen molar-refractivity contribution in [3.63, 3.8) is 0 Å². The minimum atomic E-state index is 0.612. The van der Waals surface area contributed by atoms with Gasteiger partial charge in [-0.05, 0) is 125 Å². The SMILES string of the molecule is CCC.CCC.CCc1cccc2ccccc12.CCc1cccc2ccccc12.CCc1cccc2ccccc12.CCc1cccc2ccccc12.N#COc1cccc2ccccc12.N#COc1cccc2ccccc12.N#COc1cccc2ccccc12. The third-order valence-electron chi connectivity index (χ3n) is 14.8. The van der Waals surface area contributed by atoms with Gasteiger partial charge in [-0.25, -0.2) is 0 Å². The van der Waals surface area contributed by atoms with Crippen LogP contribution in [0.3, 0.4) is 0 Å². The third-order valence-corrected chi connectivity index (χ3v) is 14.8. The number of aryl methyl sites for hydroxylation is 4. The number of hydrogen-bond acceptors (Lipinski definition) is 6. The van der Waals surface area contributed by atoms with Crippen LogP contribution in [0.1, 0.15) is 90.5 Å². The normalized spacial score (nSPS) is 9.73. The van der Waals surface area contributed by atoms with Crippen LogP contribution in [0, 0.1) is 34.6 Å². The summed E-state index contributed by atoms with van der Waals surface area (Å²) in [5, 5.41) is 42.3. The van der Waals surface area contributed by atoms with Gasteiger partial charge in [-0.15, -0.1) is 15.8 Å². The molecule has 14 aromatic carbocycles. The molecule has 0 amide bonds. The van der Waals surface area contributed by atoms with E-state index in [0.29, 0.717) is 17.2 Å². The van der Waals surface area contributed by atoms with Gasteiger partial charge in [0.25, 0.3) is 18.8 Å². The lowest BCUT2D eigenvalue weighted by atomic mass is 10.0. The minimum Gasteiger partial charge on any atom is -0.387 e. The fourth-order valence-electron chi connectivity index (χ4n) is 10.4. The smallest absolute Gasteiger partial charge is 0.292 e. The van der Waals surface area contributed by atoms with E-state index in [0.717, 1.165) is 58.0 Å². The second-order valence-electron chi connectivity index (χ2n) is 21.4. The predicted octanol–water partition coefficient (Wildman–Crippen LogP) is 24.5. The van der Waals surface area contributed by atoms with E-state index < -0.39 is 0 Å². The molecule has 0 bridgehead atoms. The number of benzene rings is 14. The Hall–Kier alpha value is -11.2. The molecule has 0 saturated heterocycles. The number of nitrogens with zero attached hydrogens (tertiary/aromatic N) is 3. The second-order valence-corrected chi connectivity index (χ2v) is 21.4. The first-order valence-electron chi connectivity index (χ1n) is 32.2. The van der Waals surface area contributed by atoms with Gasteiger partial charge in [0.15, 0.2) is 0 Å². The van der Waals surface area contributed by atoms with Gasteiger partial charge in [0.05, 0.1) is 0 Å². The fourth-order valence-corrected chi connectivity index (χ4v) is 10.4. The van der Waals surface area contributed by atoms with E-state index in [1.165, 1.54) is 78.2 Å². The van der Waals surface area contributed by atoms with E-state index >= 15 is 0 Å². The molecule has 14 aromatic rings. The van der Waals surface area contributed by atoms with Gasteiger partial charge in [-0.1, -0.05) is 347 Å². The lowest BCUT2D eigenvalue weighted by molar-refractivity contribution is 0.513. The average molecular weight is 1220 g/mol. The maximum Gasteiger partial charge on any atom is 0.292 e. The van der Waals surface area contributed by atoms with Crippen molar-refractivity contribution in [1.29, 1.82) is 15.8 Å². The Morgan fingerprint density at radius 2 is 0.355 bits per heavy atom. The third kappa shape index (κ3) is 21.5. The molecule has 466 valence electrons. The average Bonchev–Trinajstić information content (AvgIpc) is 2.13. The van der Waals surface area contributed by atoms with E-state index in [-0.39, 0.29) is 0 Å². The Balaban J connectivity index is 0.000000170. The first-order chi connectivity index (χ1) is 45.7. The van der Waals surface area contributed by atoms with Gasteiger partial charge in [-0.3, -0.25) is 0 Å². The van der Waals surface area contributed by atoms with Crippen LogP contribution < -0.4 is 14.2 Å².